The van der Waals surface area contributed by atoms with Gasteiger partial charge in [0, 0.05) is 6.42 Å². The molecule has 0 radical (unpaired) electrons. The van der Waals surface area contributed by atoms with Gasteiger partial charge in [-0.3, -0.25) is 4.79 Å². The molecule has 2 unspecified atom stereocenters. The molecule has 0 bridgehead atoms. The Morgan fingerprint density at radius 2 is 2.29 bits per heavy atom. The summed E-state index contributed by atoms with van der Waals surface area (Å²) in [5.41, 5.74) is 0. The molecule has 0 spiro atoms. The minimum absolute atomic E-state index is 0.0712. The summed E-state index contributed by atoms with van der Waals surface area (Å²) < 4.78 is 25.0. The van der Waals surface area contributed by atoms with E-state index in [9.17, 15) is 13.6 Å². The first kappa shape index (κ1) is 11.4. The zero-order valence-electron chi connectivity index (χ0n) is 8.09. The molecule has 14 heavy (non-hydrogen) atoms. The summed E-state index contributed by atoms with van der Waals surface area (Å²) in [5, 5.41) is 11.4. The van der Waals surface area contributed by atoms with Crippen molar-refractivity contribution in [3.63, 3.8) is 0 Å². The fraction of sp³-hybridized carbons (Fsp3) is 0.889. The zero-order chi connectivity index (χ0) is 10.8. The highest BCUT2D eigenvalue weighted by atomic mass is 19.3. The Labute approximate surface area is 81.5 Å². The van der Waals surface area contributed by atoms with Crippen LogP contribution >= 0.6 is 0 Å². The Hall–Kier alpha value is -0.710. The van der Waals surface area contributed by atoms with Gasteiger partial charge in [0.25, 0.3) is 0 Å². The standard InChI is InChI=1S/C9H15F2NO2/c1-9(10,11)3-2-6-4-7(8(13)14)12-5-6/h6-7,12H,2-5H2,1H3,(H,13,14). The highest BCUT2D eigenvalue weighted by molar-refractivity contribution is 5.73. The number of carboxylic acids is 1. The molecule has 1 fully saturated rings. The lowest BCUT2D eigenvalue weighted by Gasteiger charge is -2.13. The van der Waals surface area contributed by atoms with E-state index in [2.05, 4.69) is 5.32 Å². The van der Waals surface area contributed by atoms with Gasteiger partial charge < -0.3 is 10.4 Å². The Bertz CT molecular complexity index is 215. The Kier molecular flexibility index (Phi) is 3.42. The van der Waals surface area contributed by atoms with Crippen LogP contribution in [0, 0.1) is 5.92 Å². The van der Waals surface area contributed by atoms with Gasteiger partial charge in [0.05, 0.1) is 0 Å². The van der Waals surface area contributed by atoms with Gasteiger partial charge in [-0.05, 0) is 32.2 Å². The van der Waals surface area contributed by atoms with Crippen molar-refractivity contribution < 1.29 is 18.7 Å². The molecular weight excluding hydrogens is 192 g/mol. The predicted molar refractivity (Wildman–Crippen MR) is 47.4 cm³/mol. The van der Waals surface area contributed by atoms with Crippen LogP contribution in [0.1, 0.15) is 26.2 Å². The maximum absolute atomic E-state index is 12.5. The maximum Gasteiger partial charge on any atom is 0.320 e. The van der Waals surface area contributed by atoms with E-state index in [0.29, 0.717) is 19.4 Å². The smallest absolute Gasteiger partial charge is 0.320 e. The van der Waals surface area contributed by atoms with Crippen molar-refractivity contribution in [1.29, 1.82) is 0 Å². The first-order chi connectivity index (χ1) is 6.38. The third-order valence-electron chi connectivity index (χ3n) is 2.51. The molecule has 0 aromatic carbocycles. The third kappa shape index (κ3) is 3.57. The van der Waals surface area contributed by atoms with Crippen molar-refractivity contribution >= 4 is 5.97 Å². The second-order valence-corrected chi connectivity index (χ2v) is 4.01. The Morgan fingerprint density at radius 3 is 2.71 bits per heavy atom. The number of halogens is 2. The molecular formula is C9H15F2NO2. The van der Waals surface area contributed by atoms with E-state index in [1.54, 1.807) is 0 Å². The monoisotopic (exact) mass is 207 g/mol. The van der Waals surface area contributed by atoms with Crippen molar-refractivity contribution in [1.82, 2.24) is 5.32 Å². The molecule has 5 heteroatoms. The number of carboxylic acid groups (broad SMARTS) is 1. The highest BCUT2D eigenvalue weighted by Gasteiger charge is 2.31. The van der Waals surface area contributed by atoms with Crippen molar-refractivity contribution in [2.45, 2.75) is 38.2 Å². The quantitative estimate of drug-likeness (QED) is 0.734. The van der Waals surface area contributed by atoms with Gasteiger partial charge in [-0.1, -0.05) is 0 Å². The fourth-order valence-electron chi connectivity index (χ4n) is 1.67. The van der Waals surface area contributed by atoms with Crippen molar-refractivity contribution in [3.05, 3.63) is 0 Å². The Balaban J connectivity index is 2.26. The van der Waals surface area contributed by atoms with E-state index in [1.807, 2.05) is 0 Å². The first-order valence-corrected chi connectivity index (χ1v) is 4.72. The van der Waals surface area contributed by atoms with Crippen molar-refractivity contribution in [2.24, 2.45) is 5.92 Å². The maximum atomic E-state index is 12.5. The summed E-state index contributed by atoms with van der Waals surface area (Å²) in [4.78, 5) is 10.5. The third-order valence-corrected chi connectivity index (χ3v) is 2.51. The summed E-state index contributed by atoms with van der Waals surface area (Å²) in [5.74, 6) is -3.46. The van der Waals surface area contributed by atoms with Crippen LogP contribution in [0.15, 0.2) is 0 Å². The van der Waals surface area contributed by atoms with Crippen LogP contribution in [0.2, 0.25) is 0 Å². The number of carbonyl (C=O) groups is 1. The lowest BCUT2D eigenvalue weighted by Crippen LogP contribution is -2.29. The molecule has 0 aromatic rings. The molecule has 2 atom stereocenters. The van der Waals surface area contributed by atoms with E-state index in [0.717, 1.165) is 6.92 Å². The number of hydrogen-bond donors (Lipinski definition) is 2. The number of hydrogen-bond acceptors (Lipinski definition) is 2. The van der Waals surface area contributed by atoms with Gasteiger partial charge in [0.1, 0.15) is 6.04 Å². The van der Waals surface area contributed by atoms with Crippen LogP contribution in [-0.2, 0) is 4.79 Å². The van der Waals surface area contributed by atoms with Gasteiger partial charge in [-0.25, -0.2) is 8.78 Å². The molecule has 1 saturated heterocycles. The molecule has 2 N–H and O–H groups in total. The average molecular weight is 207 g/mol. The van der Waals surface area contributed by atoms with Crippen LogP contribution in [0.25, 0.3) is 0 Å². The average Bonchev–Trinajstić information content (AvgIpc) is 2.47. The molecule has 1 aliphatic heterocycles. The summed E-state index contributed by atoms with van der Waals surface area (Å²) in [7, 11) is 0. The van der Waals surface area contributed by atoms with Crippen LogP contribution in [0.3, 0.4) is 0 Å². The van der Waals surface area contributed by atoms with Crippen LogP contribution in [0.5, 0.6) is 0 Å². The van der Waals surface area contributed by atoms with Crippen LogP contribution in [-0.4, -0.2) is 29.6 Å². The van der Waals surface area contributed by atoms with Crippen molar-refractivity contribution in [3.8, 4) is 0 Å². The fourth-order valence-corrected chi connectivity index (χ4v) is 1.67. The van der Waals surface area contributed by atoms with Crippen molar-refractivity contribution in [2.75, 3.05) is 6.54 Å². The highest BCUT2D eigenvalue weighted by Crippen LogP contribution is 2.26. The zero-order valence-corrected chi connectivity index (χ0v) is 8.09. The van der Waals surface area contributed by atoms with Crippen LogP contribution in [0.4, 0.5) is 8.78 Å². The first-order valence-electron chi connectivity index (χ1n) is 4.72. The van der Waals surface area contributed by atoms with Crippen LogP contribution < -0.4 is 5.32 Å². The van der Waals surface area contributed by atoms with E-state index in [1.165, 1.54) is 0 Å². The molecule has 1 heterocycles. The summed E-state index contributed by atoms with van der Waals surface area (Å²) >= 11 is 0. The van der Waals surface area contributed by atoms with Gasteiger partial charge in [0.2, 0.25) is 5.92 Å². The number of aliphatic carboxylic acids is 1. The van der Waals surface area contributed by atoms with E-state index in [4.69, 9.17) is 5.11 Å². The molecule has 3 nitrogen and oxygen atoms in total. The van der Waals surface area contributed by atoms with E-state index in [-0.39, 0.29) is 12.3 Å². The molecule has 1 aliphatic rings. The molecule has 0 amide bonds. The van der Waals surface area contributed by atoms with E-state index >= 15 is 0 Å². The summed E-state index contributed by atoms with van der Waals surface area (Å²) in [6.45, 7) is 1.43. The number of rotatable bonds is 4. The molecule has 82 valence electrons. The lowest BCUT2D eigenvalue weighted by molar-refractivity contribution is -0.139. The van der Waals surface area contributed by atoms with Gasteiger partial charge in [0.15, 0.2) is 0 Å². The topological polar surface area (TPSA) is 49.3 Å². The second kappa shape index (κ2) is 4.21. The molecule has 0 aliphatic carbocycles. The molecule has 1 rings (SSSR count). The second-order valence-electron chi connectivity index (χ2n) is 4.01. The normalized spacial score (nSPS) is 27.9. The number of nitrogens with one attached hydrogen (secondary N) is 1. The van der Waals surface area contributed by atoms with Gasteiger partial charge >= 0.3 is 5.97 Å². The molecule has 0 saturated carbocycles. The summed E-state index contributed by atoms with van der Waals surface area (Å²) in [6.07, 6.45) is 0.692. The minimum atomic E-state index is -2.64. The lowest BCUT2D eigenvalue weighted by atomic mass is 9.98. The minimum Gasteiger partial charge on any atom is -0.480 e. The number of alkyl halides is 2. The molecule has 0 aromatic heterocycles. The summed E-state index contributed by atoms with van der Waals surface area (Å²) in [6, 6.07) is -0.550. The van der Waals surface area contributed by atoms with E-state index < -0.39 is 17.9 Å². The van der Waals surface area contributed by atoms with Gasteiger partial charge in [-0.2, -0.15) is 0 Å². The Morgan fingerprint density at radius 1 is 1.64 bits per heavy atom. The predicted octanol–water partition coefficient (Wildman–Crippen LogP) is 1.48. The SMILES string of the molecule is CC(F)(F)CCC1CNC(C(=O)O)C1. The van der Waals surface area contributed by atoms with Gasteiger partial charge in [-0.15, -0.1) is 0 Å². The largest absolute Gasteiger partial charge is 0.480 e.